The summed E-state index contributed by atoms with van der Waals surface area (Å²) in [5, 5.41) is 0. The Bertz CT molecular complexity index is 1530. The molecule has 216 valence electrons. The van der Waals surface area contributed by atoms with Gasteiger partial charge in [0.15, 0.2) is 0 Å². The average Bonchev–Trinajstić information content (AvgIpc) is 3.24. The van der Waals surface area contributed by atoms with Crippen molar-refractivity contribution < 1.29 is 9.18 Å². The first kappa shape index (κ1) is 29.3. The lowest BCUT2D eigenvalue weighted by molar-refractivity contribution is -0.122. The zero-order chi connectivity index (χ0) is 29.1. The van der Waals surface area contributed by atoms with Crippen molar-refractivity contribution in [3.05, 3.63) is 74.8 Å². The number of hydrogen-bond donors (Lipinski definition) is 0. The van der Waals surface area contributed by atoms with Crippen LogP contribution in [0.25, 0.3) is 11.7 Å². The summed E-state index contributed by atoms with van der Waals surface area (Å²) in [5.41, 5.74) is 2.63. The molecule has 5 rings (SSSR count). The van der Waals surface area contributed by atoms with Gasteiger partial charge < -0.3 is 9.80 Å². The van der Waals surface area contributed by atoms with Gasteiger partial charge >= 0.3 is 0 Å². The lowest BCUT2D eigenvalue weighted by atomic mass is 9.99. The Kier molecular flexibility index (Phi) is 9.09. The van der Waals surface area contributed by atoms with Crippen LogP contribution in [0.5, 0.6) is 0 Å². The van der Waals surface area contributed by atoms with E-state index in [0.29, 0.717) is 64.9 Å². The first-order valence-corrected chi connectivity index (χ1v) is 15.6. The number of anilines is 2. The molecule has 0 bridgehead atoms. The predicted molar refractivity (Wildman–Crippen MR) is 170 cm³/mol. The maximum absolute atomic E-state index is 13.9. The van der Waals surface area contributed by atoms with E-state index >= 15 is 0 Å². The number of carbonyl (C=O) groups is 1. The van der Waals surface area contributed by atoms with Gasteiger partial charge in [-0.15, -0.1) is 0 Å². The van der Waals surface area contributed by atoms with Crippen LogP contribution in [0.4, 0.5) is 15.9 Å². The number of carbonyl (C=O) groups excluding carboxylic acids is 1. The van der Waals surface area contributed by atoms with E-state index in [1.54, 1.807) is 33.7 Å². The molecule has 41 heavy (non-hydrogen) atoms. The van der Waals surface area contributed by atoms with Crippen molar-refractivity contribution in [1.29, 1.82) is 0 Å². The Morgan fingerprint density at radius 3 is 2.46 bits per heavy atom. The number of halogens is 1. The molecular weight excluding hydrogens is 558 g/mol. The molecule has 1 atom stereocenters. The molecule has 10 heteroatoms. The summed E-state index contributed by atoms with van der Waals surface area (Å²) in [6, 6.07) is 10.3. The van der Waals surface area contributed by atoms with E-state index in [2.05, 4.69) is 23.6 Å². The Labute approximate surface area is 250 Å². The van der Waals surface area contributed by atoms with Gasteiger partial charge in [0.2, 0.25) is 0 Å². The molecule has 4 heterocycles. The molecule has 2 aliphatic heterocycles. The fourth-order valence-corrected chi connectivity index (χ4v) is 6.72. The van der Waals surface area contributed by atoms with Crippen molar-refractivity contribution in [3.63, 3.8) is 0 Å². The van der Waals surface area contributed by atoms with Crippen LogP contribution >= 0.6 is 24.0 Å². The average molecular weight is 594 g/mol. The third kappa shape index (κ3) is 6.18. The van der Waals surface area contributed by atoms with E-state index in [4.69, 9.17) is 17.2 Å². The molecule has 2 aromatic heterocycles. The summed E-state index contributed by atoms with van der Waals surface area (Å²) in [4.78, 5) is 38.9. The maximum atomic E-state index is 13.9. The molecule has 2 aliphatic rings. The van der Waals surface area contributed by atoms with Crippen molar-refractivity contribution in [1.82, 2.24) is 14.3 Å². The van der Waals surface area contributed by atoms with Crippen LogP contribution < -0.4 is 15.4 Å². The highest BCUT2D eigenvalue weighted by atomic mass is 32.2. The van der Waals surface area contributed by atoms with E-state index in [0.717, 1.165) is 36.9 Å². The molecule has 7 nitrogen and oxygen atoms in total. The van der Waals surface area contributed by atoms with Crippen molar-refractivity contribution >= 4 is 57.4 Å². The summed E-state index contributed by atoms with van der Waals surface area (Å²) in [6.45, 7) is 9.51. The molecule has 1 unspecified atom stereocenters. The number of aryl methyl sites for hydroxylation is 1. The van der Waals surface area contributed by atoms with E-state index < -0.39 is 0 Å². The molecule has 2 saturated heterocycles. The van der Waals surface area contributed by atoms with Crippen LogP contribution in [0.15, 0.2) is 52.3 Å². The van der Waals surface area contributed by atoms with Crippen LogP contribution in [0.1, 0.15) is 50.7 Å². The fraction of sp³-hybridized carbons (Fsp3) is 0.419. The molecular formula is C31H36FN5O2S2. The smallest absolute Gasteiger partial charge is 0.267 e. The number of thiocarbonyl (C=S) groups is 1. The van der Waals surface area contributed by atoms with Gasteiger partial charge in [0.05, 0.1) is 10.5 Å². The van der Waals surface area contributed by atoms with E-state index in [-0.39, 0.29) is 17.3 Å². The van der Waals surface area contributed by atoms with Crippen molar-refractivity contribution in [2.45, 2.75) is 46.5 Å². The molecule has 1 aromatic carbocycles. The monoisotopic (exact) mass is 593 g/mol. The first-order chi connectivity index (χ1) is 19.8. The highest BCUT2D eigenvalue weighted by Crippen LogP contribution is 2.35. The summed E-state index contributed by atoms with van der Waals surface area (Å²) < 4.78 is 15.5. The van der Waals surface area contributed by atoms with Gasteiger partial charge in [0, 0.05) is 44.6 Å². The van der Waals surface area contributed by atoms with Gasteiger partial charge in [-0.2, -0.15) is 0 Å². The van der Waals surface area contributed by atoms with Gasteiger partial charge in [-0.3, -0.25) is 18.9 Å². The minimum absolute atomic E-state index is 0.143. The highest BCUT2D eigenvalue weighted by molar-refractivity contribution is 8.26. The first-order valence-electron chi connectivity index (χ1n) is 14.3. The van der Waals surface area contributed by atoms with E-state index in [1.807, 2.05) is 19.1 Å². The van der Waals surface area contributed by atoms with Crippen LogP contribution in [-0.2, 0) is 4.79 Å². The lowest BCUT2D eigenvalue weighted by Gasteiger charge is -2.37. The zero-order valence-corrected chi connectivity index (χ0v) is 25.4. The Hall–Kier alpha value is -3.24. The number of benzene rings is 1. The van der Waals surface area contributed by atoms with Crippen molar-refractivity contribution in [2.75, 3.05) is 42.5 Å². The van der Waals surface area contributed by atoms with Gasteiger partial charge in [-0.05, 0) is 61.2 Å². The number of hydrogen-bond acceptors (Lipinski definition) is 7. The number of unbranched alkanes of at least 4 members (excludes halogenated alkanes) is 1. The van der Waals surface area contributed by atoms with Crippen LogP contribution in [0.3, 0.4) is 0 Å². The van der Waals surface area contributed by atoms with E-state index in [9.17, 15) is 14.0 Å². The quantitative estimate of drug-likeness (QED) is 0.227. The van der Waals surface area contributed by atoms with Gasteiger partial charge in [0.25, 0.3) is 11.5 Å². The largest absolute Gasteiger partial charge is 0.368 e. The number of piperazine rings is 1. The molecule has 0 saturated carbocycles. The summed E-state index contributed by atoms with van der Waals surface area (Å²) in [6.07, 6.45) is 7.70. The van der Waals surface area contributed by atoms with Gasteiger partial charge in [0.1, 0.15) is 21.6 Å². The molecule has 0 radical (unpaired) electrons. The highest BCUT2D eigenvalue weighted by Gasteiger charge is 2.34. The van der Waals surface area contributed by atoms with Crippen molar-refractivity contribution in [3.8, 4) is 0 Å². The summed E-state index contributed by atoms with van der Waals surface area (Å²) in [5.74, 6) is 0.559. The van der Waals surface area contributed by atoms with Crippen molar-refractivity contribution in [2.24, 2.45) is 5.92 Å². The summed E-state index contributed by atoms with van der Waals surface area (Å²) in [7, 11) is 0. The molecule has 0 aliphatic carbocycles. The minimum atomic E-state index is -0.259. The van der Waals surface area contributed by atoms with Crippen LogP contribution in [0.2, 0.25) is 0 Å². The summed E-state index contributed by atoms with van der Waals surface area (Å²) >= 11 is 6.89. The fourth-order valence-electron chi connectivity index (χ4n) is 5.46. The molecule has 0 spiro atoms. The standard InChI is InChI=1S/C31H36FN5O2S2/c1-4-6-9-22(5-2)20-37-30(39)26(41-31(37)40)19-25-28(33-27-21(3)8-7-14-36(27)29(25)38)35-17-15-34(16-18-35)24-12-10-23(32)11-13-24/h7-8,10-14,19,22H,4-6,9,15-18,20H2,1-3H3. The number of amides is 1. The predicted octanol–water partition coefficient (Wildman–Crippen LogP) is 5.89. The number of rotatable bonds is 9. The van der Waals surface area contributed by atoms with E-state index in [1.165, 1.54) is 23.9 Å². The molecule has 2 fully saturated rings. The Morgan fingerprint density at radius 1 is 1.07 bits per heavy atom. The second-order valence-electron chi connectivity index (χ2n) is 10.7. The third-order valence-electron chi connectivity index (χ3n) is 7.97. The number of fused-ring (bicyclic) bond motifs is 1. The lowest BCUT2D eigenvalue weighted by Crippen LogP contribution is -2.47. The number of thioether (sulfide) groups is 1. The number of pyridine rings is 1. The third-order valence-corrected chi connectivity index (χ3v) is 9.35. The topological polar surface area (TPSA) is 61.2 Å². The maximum Gasteiger partial charge on any atom is 0.267 e. The Balaban J connectivity index is 1.47. The van der Waals surface area contributed by atoms with Gasteiger partial charge in [-0.1, -0.05) is 63.2 Å². The molecule has 0 N–H and O–H groups in total. The number of nitrogens with zero attached hydrogens (tertiary/aromatic N) is 5. The second-order valence-corrected chi connectivity index (χ2v) is 12.4. The molecule has 3 aromatic rings. The zero-order valence-electron chi connectivity index (χ0n) is 23.8. The normalized spacial score (nSPS) is 17.8. The number of aromatic nitrogens is 2. The van der Waals surface area contributed by atoms with Crippen LogP contribution in [-0.4, -0.2) is 57.2 Å². The van der Waals surface area contributed by atoms with Gasteiger partial charge in [-0.25, -0.2) is 9.37 Å². The molecule has 1 amide bonds. The second kappa shape index (κ2) is 12.7. The van der Waals surface area contributed by atoms with Crippen LogP contribution in [0, 0.1) is 18.7 Å². The Morgan fingerprint density at radius 2 is 1.78 bits per heavy atom. The minimum Gasteiger partial charge on any atom is -0.368 e. The SMILES string of the molecule is CCCCC(CC)CN1C(=O)C(=Cc2c(N3CCN(c4ccc(F)cc4)CC3)nc3c(C)cccn3c2=O)SC1=S.